The Bertz CT molecular complexity index is 551. The molecule has 1 aliphatic heterocycles. The molecule has 1 unspecified atom stereocenters. The van der Waals surface area contributed by atoms with Gasteiger partial charge in [0.05, 0.1) is 6.42 Å². The molecule has 1 aliphatic rings. The first-order valence-electron chi connectivity index (χ1n) is 8.50. The van der Waals surface area contributed by atoms with Gasteiger partial charge in [0.15, 0.2) is 0 Å². The average Bonchev–Trinajstić information content (AvgIpc) is 2.57. The van der Waals surface area contributed by atoms with E-state index >= 15 is 0 Å². The molecule has 6 heteroatoms. The average molecular weight is 332 g/mol. The van der Waals surface area contributed by atoms with Crippen LogP contribution in [-0.2, 0) is 16.0 Å². The van der Waals surface area contributed by atoms with Crippen LogP contribution in [0.25, 0.3) is 0 Å². The number of amides is 2. The second kappa shape index (κ2) is 8.80. The van der Waals surface area contributed by atoms with Gasteiger partial charge in [-0.3, -0.25) is 9.59 Å². The first kappa shape index (κ1) is 18.4. The molecule has 1 saturated heterocycles. The Balaban J connectivity index is 1.85. The summed E-state index contributed by atoms with van der Waals surface area (Å²) in [6, 6.07) is 7.53. The van der Waals surface area contributed by atoms with Crippen molar-refractivity contribution in [2.24, 2.45) is 5.92 Å². The molecule has 1 heterocycles. The lowest BCUT2D eigenvalue weighted by atomic mass is 10.1. The van der Waals surface area contributed by atoms with Gasteiger partial charge in [0.2, 0.25) is 11.8 Å². The van der Waals surface area contributed by atoms with Gasteiger partial charge in [-0.2, -0.15) is 0 Å². The number of rotatable bonds is 6. The van der Waals surface area contributed by atoms with Gasteiger partial charge in [-0.15, -0.1) is 0 Å². The third-order valence-corrected chi connectivity index (χ3v) is 4.39. The standard InChI is InChI=1S/C18H28N4O2/c1-14(13-19-2)18(24)20-16-6-4-15(5-7-16)12-17(23)22-10-8-21(3)9-11-22/h4-7,14,19H,8-13H2,1-3H3,(H,20,24). The van der Waals surface area contributed by atoms with Gasteiger partial charge in [-0.25, -0.2) is 0 Å². The second-order valence-corrected chi connectivity index (χ2v) is 6.51. The van der Waals surface area contributed by atoms with Gasteiger partial charge in [-0.1, -0.05) is 19.1 Å². The second-order valence-electron chi connectivity index (χ2n) is 6.51. The Morgan fingerprint density at radius 2 is 1.75 bits per heavy atom. The minimum atomic E-state index is -0.0894. The van der Waals surface area contributed by atoms with Crippen molar-refractivity contribution in [3.05, 3.63) is 29.8 Å². The van der Waals surface area contributed by atoms with Gasteiger partial charge in [-0.05, 0) is 31.8 Å². The van der Waals surface area contributed by atoms with Crippen molar-refractivity contribution >= 4 is 17.5 Å². The van der Waals surface area contributed by atoms with Gasteiger partial charge >= 0.3 is 0 Å². The van der Waals surface area contributed by atoms with Gasteiger partial charge in [0.25, 0.3) is 0 Å². The summed E-state index contributed by atoms with van der Waals surface area (Å²) >= 11 is 0. The SMILES string of the molecule is CNCC(C)C(=O)Nc1ccc(CC(=O)N2CCN(C)CC2)cc1. The van der Waals surface area contributed by atoms with Crippen molar-refractivity contribution in [1.29, 1.82) is 0 Å². The van der Waals surface area contributed by atoms with Crippen molar-refractivity contribution in [2.45, 2.75) is 13.3 Å². The Hall–Kier alpha value is -1.92. The normalized spacial score (nSPS) is 16.7. The maximum atomic E-state index is 12.3. The summed E-state index contributed by atoms with van der Waals surface area (Å²) in [5, 5.41) is 5.89. The monoisotopic (exact) mass is 332 g/mol. The highest BCUT2D eigenvalue weighted by Gasteiger charge is 2.19. The summed E-state index contributed by atoms with van der Waals surface area (Å²) in [6.07, 6.45) is 0.411. The lowest BCUT2D eigenvalue weighted by Gasteiger charge is -2.32. The fourth-order valence-electron chi connectivity index (χ4n) is 2.71. The topological polar surface area (TPSA) is 64.7 Å². The summed E-state index contributed by atoms with van der Waals surface area (Å²) in [6.45, 7) is 5.99. The highest BCUT2D eigenvalue weighted by Crippen LogP contribution is 2.13. The number of carbonyl (C=O) groups excluding carboxylic acids is 2. The molecule has 1 atom stereocenters. The van der Waals surface area contributed by atoms with Crippen molar-refractivity contribution in [3.63, 3.8) is 0 Å². The number of nitrogens with zero attached hydrogens (tertiary/aromatic N) is 2. The van der Waals surface area contributed by atoms with Crippen molar-refractivity contribution in [3.8, 4) is 0 Å². The highest BCUT2D eigenvalue weighted by atomic mass is 16.2. The summed E-state index contributed by atoms with van der Waals surface area (Å²) in [4.78, 5) is 28.5. The summed E-state index contributed by atoms with van der Waals surface area (Å²) in [5.74, 6) is 0.0710. The minimum Gasteiger partial charge on any atom is -0.340 e. The van der Waals surface area contributed by atoms with Crippen molar-refractivity contribution in [1.82, 2.24) is 15.1 Å². The van der Waals surface area contributed by atoms with Crippen LogP contribution < -0.4 is 10.6 Å². The molecule has 0 spiro atoms. The number of piperazine rings is 1. The Morgan fingerprint density at radius 3 is 2.33 bits per heavy atom. The van der Waals surface area contributed by atoms with Crippen LogP contribution in [0.1, 0.15) is 12.5 Å². The predicted octanol–water partition coefficient (Wildman–Crippen LogP) is 0.797. The molecule has 0 saturated carbocycles. The smallest absolute Gasteiger partial charge is 0.228 e. The fraction of sp³-hybridized carbons (Fsp3) is 0.556. The van der Waals surface area contributed by atoms with Gasteiger partial charge in [0.1, 0.15) is 0 Å². The lowest BCUT2D eigenvalue weighted by molar-refractivity contribution is -0.132. The van der Waals surface area contributed by atoms with E-state index < -0.39 is 0 Å². The third kappa shape index (κ3) is 5.32. The third-order valence-electron chi connectivity index (χ3n) is 4.39. The summed E-state index contributed by atoms with van der Waals surface area (Å²) in [7, 11) is 3.90. The molecule has 1 aromatic carbocycles. The first-order valence-corrected chi connectivity index (χ1v) is 8.50. The Labute approximate surface area is 144 Å². The number of hydrogen-bond donors (Lipinski definition) is 2. The maximum Gasteiger partial charge on any atom is 0.228 e. The van der Waals surface area contributed by atoms with E-state index in [1.54, 1.807) is 0 Å². The van der Waals surface area contributed by atoms with E-state index in [9.17, 15) is 9.59 Å². The molecule has 0 aromatic heterocycles. The number of nitrogens with one attached hydrogen (secondary N) is 2. The van der Waals surface area contributed by atoms with Crippen molar-refractivity contribution < 1.29 is 9.59 Å². The molecule has 1 fully saturated rings. The van der Waals surface area contributed by atoms with Crippen LogP contribution in [0.15, 0.2) is 24.3 Å². The molecule has 1 aromatic rings. The van der Waals surface area contributed by atoms with Crippen molar-refractivity contribution in [2.75, 3.05) is 52.1 Å². The van der Waals surface area contributed by atoms with Gasteiger partial charge in [0, 0.05) is 44.3 Å². The van der Waals surface area contributed by atoms with Gasteiger partial charge < -0.3 is 20.4 Å². The zero-order valence-electron chi connectivity index (χ0n) is 14.8. The van der Waals surface area contributed by atoms with Crippen LogP contribution in [0.2, 0.25) is 0 Å². The minimum absolute atomic E-state index is 0.00869. The molecule has 2 amide bonds. The number of benzene rings is 1. The highest BCUT2D eigenvalue weighted by molar-refractivity contribution is 5.92. The Morgan fingerprint density at radius 1 is 1.12 bits per heavy atom. The molecule has 132 valence electrons. The Kier molecular flexibility index (Phi) is 6.75. The lowest BCUT2D eigenvalue weighted by Crippen LogP contribution is -2.47. The summed E-state index contributed by atoms with van der Waals surface area (Å²) < 4.78 is 0. The van der Waals surface area contributed by atoms with Crippen LogP contribution in [0.4, 0.5) is 5.69 Å². The zero-order valence-corrected chi connectivity index (χ0v) is 14.8. The molecule has 2 rings (SSSR count). The van der Waals surface area contributed by atoms with Crippen LogP contribution >= 0.6 is 0 Å². The fourth-order valence-corrected chi connectivity index (χ4v) is 2.71. The van der Waals surface area contributed by atoms with E-state index in [0.717, 1.165) is 37.4 Å². The van der Waals surface area contributed by atoms with E-state index in [2.05, 4.69) is 22.6 Å². The largest absolute Gasteiger partial charge is 0.340 e. The van der Waals surface area contributed by atoms with E-state index in [-0.39, 0.29) is 17.7 Å². The molecular formula is C18H28N4O2. The van der Waals surface area contributed by atoms with Crippen LogP contribution in [-0.4, -0.2) is 68.4 Å². The predicted molar refractivity (Wildman–Crippen MR) is 95.9 cm³/mol. The van der Waals surface area contributed by atoms with E-state index in [1.165, 1.54) is 0 Å². The number of anilines is 1. The maximum absolute atomic E-state index is 12.3. The zero-order chi connectivity index (χ0) is 17.5. The first-order chi connectivity index (χ1) is 11.5. The number of hydrogen-bond acceptors (Lipinski definition) is 4. The van der Waals surface area contributed by atoms with Crippen LogP contribution in [0, 0.1) is 5.92 Å². The molecule has 24 heavy (non-hydrogen) atoms. The number of likely N-dealkylation sites (N-methyl/N-ethyl adjacent to an activating group) is 1. The van der Waals surface area contributed by atoms with E-state index in [4.69, 9.17) is 0 Å². The molecule has 6 nitrogen and oxygen atoms in total. The van der Waals surface area contributed by atoms with Crippen LogP contribution in [0.3, 0.4) is 0 Å². The molecule has 0 bridgehead atoms. The molecular weight excluding hydrogens is 304 g/mol. The molecule has 0 aliphatic carbocycles. The quantitative estimate of drug-likeness (QED) is 0.809. The van der Waals surface area contributed by atoms with Crippen LogP contribution in [0.5, 0.6) is 0 Å². The number of carbonyl (C=O) groups is 2. The molecule has 0 radical (unpaired) electrons. The van der Waals surface area contributed by atoms with E-state index in [0.29, 0.717) is 13.0 Å². The molecule has 2 N–H and O–H groups in total. The van der Waals surface area contributed by atoms with E-state index in [1.807, 2.05) is 43.1 Å². The summed E-state index contributed by atoms with van der Waals surface area (Å²) in [5.41, 5.74) is 1.74.